The number of allylic oxidation sites excluding steroid dienone is 8. The van der Waals surface area contributed by atoms with E-state index in [0.717, 1.165) is 30.5 Å². The zero-order valence-electron chi connectivity index (χ0n) is 33.5. The molecule has 46 heavy (non-hydrogen) atoms. The second-order valence-corrected chi connectivity index (χ2v) is 13.6. The van der Waals surface area contributed by atoms with Gasteiger partial charge < -0.3 is 10.0 Å². The predicted octanol–water partition coefficient (Wildman–Crippen LogP) is 14.5. The van der Waals surface area contributed by atoms with Crippen molar-refractivity contribution in [2.24, 2.45) is 11.8 Å². The number of hydrogen-bond donors (Lipinski definition) is 1. The van der Waals surface area contributed by atoms with Crippen molar-refractivity contribution in [1.29, 1.82) is 0 Å². The molecule has 1 N–H and O–H groups in total. The molecule has 2 heteroatoms. The van der Waals surface area contributed by atoms with Crippen LogP contribution in [0.25, 0.3) is 5.57 Å². The average Bonchev–Trinajstić information content (AvgIpc) is 3.43. The molecule has 1 atom stereocenters. The van der Waals surface area contributed by atoms with Crippen LogP contribution in [0.4, 0.5) is 0 Å². The summed E-state index contributed by atoms with van der Waals surface area (Å²) >= 11 is 0. The number of aliphatic hydroxyl groups excluding tert-OH is 1. The van der Waals surface area contributed by atoms with Crippen molar-refractivity contribution in [3.05, 3.63) is 114 Å². The molecule has 1 aliphatic heterocycles. The van der Waals surface area contributed by atoms with E-state index in [4.69, 9.17) is 5.11 Å². The molecule has 0 radical (unpaired) electrons. The highest BCUT2D eigenvalue weighted by Gasteiger charge is 2.20. The number of hydrogen-bond acceptors (Lipinski definition) is 2. The van der Waals surface area contributed by atoms with Gasteiger partial charge in [0.15, 0.2) is 0 Å². The Morgan fingerprint density at radius 2 is 1.43 bits per heavy atom. The quantitative estimate of drug-likeness (QED) is 0.183. The van der Waals surface area contributed by atoms with Gasteiger partial charge in [-0.1, -0.05) is 148 Å². The van der Waals surface area contributed by atoms with Gasteiger partial charge in [0.05, 0.1) is 0 Å². The predicted molar refractivity (Wildman–Crippen MR) is 216 cm³/mol. The summed E-state index contributed by atoms with van der Waals surface area (Å²) in [6.45, 7) is 50.9. The normalized spacial score (nSPS) is 13.0. The number of aliphatic hydroxyl groups is 1. The molecule has 0 aromatic heterocycles. The zero-order chi connectivity index (χ0) is 37.0. The highest BCUT2D eigenvalue weighted by atomic mass is 16.3. The first-order chi connectivity index (χ1) is 21.3. The van der Waals surface area contributed by atoms with Gasteiger partial charge in [-0.25, -0.2) is 0 Å². The first kappa shape index (κ1) is 49.9. The Balaban J connectivity index is -0.000000326. The Bertz CT molecular complexity index is 1060. The molecule has 1 saturated heterocycles. The third-order valence-corrected chi connectivity index (χ3v) is 7.03. The molecule has 264 valence electrons. The Kier molecular flexibility index (Phi) is 31.9. The molecule has 1 aromatic rings. The van der Waals surface area contributed by atoms with E-state index in [1.807, 2.05) is 34.6 Å². The summed E-state index contributed by atoms with van der Waals surface area (Å²) in [6, 6.07) is 8.77. The van der Waals surface area contributed by atoms with Crippen molar-refractivity contribution in [3.63, 3.8) is 0 Å². The molecule has 0 bridgehead atoms. The number of nitrogens with zero attached hydrogens (tertiary/aromatic N) is 1. The second kappa shape index (κ2) is 29.4. The van der Waals surface area contributed by atoms with Gasteiger partial charge in [0.25, 0.3) is 0 Å². The topological polar surface area (TPSA) is 23.5 Å². The molecule has 0 aliphatic carbocycles. The Morgan fingerprint density at radius 1 is 0.978 bits per heavy atom. The summed E-state index contributed by atoms with van der Waals surface area (Å²) in [4.78, 5) is 2.51. The molecule has 1 aliphatic rings. The van der Waals surface area contributed by atoms with Crippen LogP contribution < -0.4 is 0 Å². The van der Waals surface area contributed by atoms with Gasteiger partial charge in [-0.2, -0.15) is 0 Å². The summed E-state index contributed by atoms with van der Waals surface area (Å²) in [5, 5.41) is 8.05. The van der Waals surface area contributed by atoms with Crippen LogP contribution in [0.3, 0.4) is 0 Å². The monoisotopic (exact) mass is 636 g/mol. The van der Waals surface area contributed by atoms with Crippen molar-refractivity contribution >= 4 is 5.57 Å². The molecular weight excluding hydrogens is 558 g/mol. The molecule has 0 saturated carbocycles. The van der Waals surface area contributed by atoms with Crippen LogP contribution in [0.5, 0.6) is 0 Å². The third kappa shape index (κ3) is 29.7. The molecule has 1 unspecified atom stereocenters. The fourth-order valence-electron chi connectivity index (χ4n) is 3.49. The standard InChI is InChI=1S/C23H33N.C6H14.C5H10.C4H6O.C4H8.C2H6/c1-17(2)22(24-14-13-18(3)16-24)12-11-19(4)20-9-8-10-21(15-20)23(5,6)7;1-4-6(3)5-2;1-4-5(2)3;1-3-4(2)5;1-4(2)3;1-2/h8-12,15,18H,4,13-14,16H2,1-3,5-7H3;6H,4-5H2,1-3H3;4H,1-3H3;3,5H,1-2H2;1H2,2-3H3;1-2H3/b12-11-;;;;;. The fourth-order valence-corrected chi connectivity index (χ4v) is 3.49. The Morgan fingerprint density at radius 3 is 1.72 bits per heavy atom. The SMILES string of the molecule is C=C(/C=C\C(=C(C)C)N1CCC(C)C1)c1cccc(C(C)(C)C)c1.C=C(C)C.C=CC(=C)O.CC.CC=C(C)C.CCC(C)CC. The van der Waals surface area contributed by atoms with E-state index >= 15 is 0 Å². The maximum Gasteiger partial charge on any atom is 0.107 e. The van der Waals surface area contributed by atoms with Gasteiger partial charge in [-0.15, -0.1) is 6.58 Å². The van der Waals surface area contributed by atoms with E-state index in [2.05, 4.69) is 150 Å². The van der Waals surface area contributed by atoms with Crippen molar-refractivity contribution < 1.29 is 5.11 Å². The van der Waals surface area contributed by atoms with Crippen LogP contribution in [0.2, 0.25) is 0 Å². The molecule has 0 spiro atoms. The largest absolute Gasteiger partial charge is 0.509 e. The van der Waals surface area contributed by atoms with E-state index in [1.165, 1.54) is 58.9 Å². The van der Waals surface area contributed by atoms with E-state index < -0.39 is 0 Å². The van der Waals surface area contributed by atoms with Crippen LogP contribution in [0, 0.1) is 11.8 Å². The third-order valence-electron chi connectivity index (χ3n) is 7.03. The lowest BCUT2D eigenvalue weighted by molar-refractivity contribution is 0.419. The smallest absolute Gasteiger partial charge is 0.107 e. The first-order valence-electron chi connectivity index (χ1n) is 17.4. The number of rotatable bonds is 7. The number of likely N-dealkylation sites (tertiary alicyclic amines) is 1. The van der Waals surface area contributed by atoms with Crippen LogP contribution in [-0.2, 0) is 5.41 Å². The summed E-state index contributed by atoms with van der Waals surface area (Å²) in [6.07, 6.45) is 11.7. The Labute approximate surface area is 289 Å². The number of benzene rings is 1. The summed E-state index contributed by atoms with van der Waals surface area (Å²) < 4.78 is 0. The van der Waals surface area contributed by atoms with Gasteiger partial charge in [0, 0.05) is 18.8 Å². The van der Waals surface area contributed by atoms with Gasteiger partial charge in [-0.05, 0) is 101 Å². The minimum atomic E-state index is 0.0185. The van der Waals surface area contributed by atoms with Crippen molar-refractivity contribution in [1.82, 2.24) is 4.90 Å². The molecule has 2 nitrogen and oxygen atoms in total. The van der Waals surface area contributed by atoms with Gasteiger partial charge in [0.1, 0.15) is 5.76 Å². The van der Waals surface area contributed by atoms with Crippen molar-refractivity contribution in [3.8, 4) is 0 Å². The molecule has 1 fully saturated rings. The van der Waals surface area contributed by atoms with Crippen LogP contribution in [-0.4, -0.2) is 23.1 Å². The maximum atomic E-state index is 8.05. The van der Waals surface area contributed by atoms with Gasteiger partial charge >= 0.3 is 0 Å². The molecule has 1 heterocycles. The fraction of sp³-hybridized carbons (Fsp3) is 0.545. The Hall–Kier alpha value is -3.00. The molecule has 0 amide bonds. The van der Waals surface area contributed by atoms with Crippen molar-refractivity contribution in [2.45, 2.75) is 135 Å². The van der Waals surface area contributed by atoms with Crippen LogP contribution in [0.1, 0.15) is 141 Å². The molecule has 2 rings (SSSR count). The first-order valence-corrected chi connectivity index (χ1v) is 17.4. The van der Waals surface area contributed by atoms with E-state index in [1.54, 1.807) is 0 Å². The zero-order valence-corrected chi connectivity index (χ0v) is 33.5. The lowest BCUT2D eigenvalue weighted by Crippen LogP contribution is -2.19. The lowest BCUT2D eigenvalue weighted by atomic mass is 9.85. The lowest BCUT2D eigenvalue weighted by Gasteiger charge is -2.22. The summed E-state index contributed by atoms with van der Waals surface area (Å²) in [7, 11) is 0. The van der Waals surface area contributed by atoms with Gasteiger partial charge in [-0.3, -0.25) is 0 Å². The maximum absolute atomic E-state index is 8.05. The minimum Gasteiger partial charge on any atom is -0.509 e. The highest BCUT2D eigenvalue weighted by Crippen LogP contribution is 2.27. The second-order valence-electron chi connectivity index (χ2n) is 13.6. The average molecular weight is 636 g/mol. The van der Waals surface area contributed by atoms with E-state index in [9.17, 15) is 0 Å². The summed E-state index contributed by atoms with van der Waals surface area (Å²) in [5.41, 5.74) is 9.07. The van der Waals surface area contributed by atoms with Crippen molar-refractivity contribution in [2.75, 3.05) is 13.1 Å². The van der Waals surface area contributed by atoms with Gasteiger partial charge in [0.2, 0.25) is 0 Å². The molecular formula is C44H77NO. The highest BCUT2D eigenvalue weighted by molar-refractivity contribution is 5.73. The minimum absolute atomic E-state index is 0.0185. The van der Waals surface area contributed by atoms with Crippen LogP contribution in [0.15, 0.2) is 103 Å². The van der Waals surface area contributed by atoms with E-state index in [0.29, 0.717) is 0 Å². The van der Waals surface area contributed by atoms with E-state index in [-0.39, 0.29) is 11.2 Å². The summed E-state index contributed by atoms with van der Waals surface area (Å²) in [5.74, 6) is 1.74. The molecule has 1 aromatic carbocycles. The van der Waals surface area contributed by atoms with Crippen LogP contribution >= 0.6 is 0 Å².